The van der Waals surface area contributed by atoms with E-state index < -0.39 is 15.8 Å². The highest BCUT2D eigenvalue weighted by atomic mass is 79.9. The van der Waals surface area contributed by atoms with Gasteiger partial charge in [0.1, 0.15) is 5.82 Å². The zero-order chi connectivity index (χ0) is 14.2. The van der Waals surface area contributed by atoms with Gasteiger partial charge in [0.05, 0.1) is 9.37 Å². The number of hydrogen-bond donors (Lipinski definition) is 0. The summed E-state index contributed by atoms with van der Waals surface area (Å²) < 4.78 is 39.9. The van der Waals surface area contributed by atoms with Crippen molar-refractivity contribution in [3.63, 3.8) is 0 Å². The minimum absolute atomic E-state index is 0.00704. The first-order valence-corrected chi connectivity index (χ1v) is 8.17. The Labute approximate surface area is 121 Å². The molecule has 1 aliphatic heterocycles. The van der Waals surface area contributed by atoms with Gasteiger partial charge in [0, 0.05) is 19.1 Å². The van der Waals surface area contributed by atoms with Gasteiger partial charge in [0.2, 0.25) is 10.0 Å². The van der Waals surface area contributed by atoms with Gasteiger partial charge in [-0.2, -0.15) is 4.31 Å². The minimum atomic E-state index is -3.60. The van der Waals surface area contributed by atoms with Crippen LogP contribution in [0.3, 0.4) is 0 Å². The van der Waals surface area contributed by atoms with Crippen molar-refractivity contribution < 1.29 is 12.8 Å². The third-order valence-corrected chi connectivity index (χ3v) is 5.89. The molecular weight excluding hydrogens is 335 g/mol. The van der Waals surface area contributed by atoms with E-state index in [9.17, 15) is 12.8 Å². The predicted molar refractivity (Wildman–Crippen MR) is 75.0 cm³/mol. The molecule has 2 rings (SSSR count). The number of sulfonamides is 1. The molecule has 0 saturated carbocycles. The first-order chi connectivity index (χ1) is 8.82. The lowest BCUT2D eigenvalue weighted by Gasteiger charge is -2.20. The highest BCUT2D eigenvalue weighted by Gasteiger charge is 2.33. The Hall–Kier alpha value is -0.500. The molecule has 0 aromatic heterocycles. The second-order valence-electron chi connectivity index (χ2n) is 4.85. The van der Waals surface area contributed by atoms with Crippen LogP contribution in [0.25, 0.3) is 0 Å². The van der Waals surface area contributed by atoms with Crippen LogP contribution in [0.1, 0.15) is 6.42 Å². The summed E-state index contributed by atoms with van der Waals surface area (Å²) in [7, 11) is 0.263. The van der Waals surface area contributed by atoms with E-state index in [1.165, 1.54) is 16.4 Å². The van der Waals surface area contributed by atoms with Gasteiger partial charge in [-0.3, -0.25) is 0 Å². The van der Waals surface area contributed by atoms with Crippen molar-refractivity contribution in [1.82, 2.24) is 9.21 Å². The normalized spacial score (nSPS) is 21.2. The van der Waals surface area contributed by atoms with Crippen LogP contribution < -0.4 is 0 Å². The molecule has 19 heavy (non-hydrogen) atoms. The van der Waals surface area contributed by atoms with Gasteiger partial charge in [-0.1, -0.05) is 0 Å². The van der Waals surface area contributed by atoms with E-state index in [1.54, 1.807) is 0 Å². The van der Waals surface area contributed by atoms with Crippen LogP contribution in [0.5, 0.6) is 0 Å². The molecule has 1 aromatic rings. The van der Waals surface area contributed by atoms with Crippen LogP contribution in [0, 0.1) is 5.82 Å². The van der Waals surface area contributed by atoms with Crippen LogP contribution in [-0.4, -0.2) is 50.8 Å². The molecule has 1 saturated heterocycles. The fourth-order valence-corrected chi connectivity index (χ4v) is 3.89. The summed E-state index contributed by atoms with van der Waals surface area (Å²) in [5, 5.41) is 0. The average molecular weight is 351 g/mol. The summed E-state index contributed by atoms with van der Waals surface area (Å²) in [6, 6.07) is 4.12. The van der Waals surface area contributed by atoms with E-state index in [1.807, 2.05) is 19.0 Å². The summed E-state index contributed by atoms with van der Waals surface area (Å²) >= 11 is 3.02. The molecule has 7 heteroatoms. The fraction of sp³-hybridized carbons (Fsp3) is 0.500. The third-order valence-electron chi connectivity index (χ3n) is 3.39. The van der Waals surface area contributed by atoms with Gasteiger partial charge in [-0.25, -0.2) is 12.8 Å². The maximum Gasteiger partial charge on any atom is 0.243 e. The Balaban J connectivity index is 2.26. The number of benzene rings is 1. The molecule has 1 fully saturated rings. The van der Waals surface area contributed by atoms with E-state index in [0.29, 0.717) is 13.1 Å². The quantitative estimate of drug-likeness (QED) is 0.835. The molecule has 1 atom stereocenters. The van der Waals surface area contributed by atoms with E-state index in [-0.39, 0.29) is 15.4 Å². The first kappa shape index (κ1) is 14.9. The fourth-order valence-electron chi connectivity index (χ4n) is 2.14. The Kier molecular flexibility index (Phi) is 4.29. The van der Waals surface area contributed by atoms with Crippen molar-refractivity contribution in [2.45, 2.75) is 17.4 Å². The van der Waals surface area contributed by atoms with E-state index in [2.05, 4.69) is 15.9 Å². The molecule has 0 bridgehead atoms. The van der Waals surface area contributed by atoms with E-state index in [4.69, 9.17) is 0 Å². The minimum Gasteiger partial charge on any atom is -0.305 e. The lowest BCUT2D eigenvalue weighted by Crippen LogP contribution is -2.34. The molecule has 0 aliphatic carbocycles. The number of likely N-dealkylation sites (N-methyl/N-ethyl adjacent to an activating group) is 1. The molecule has 0 amide bonds. The monoisotopic (exact) mass is 350 g/mol. The zero-order valence-corrected chi connectivity index (χ0v) is 13.2. The van der Waals surface area contributed by atoms with Crippen LogP contribution in [0.4, 0.5) is 4.39 Å². The maximum atomic E-state index is 13.5. The molecule has 0 radical (unpaired) electrons. The third kappa shape index (κ3) is 2.99. The van der Waals surface area contributed by atoms with E-state index in [0.717, 1.165) is 12.5 Å². The van der Waals surface area contributed by atoms with Crippen molar-refractivity contribution in [2.75, 3.05) is 27.2 Å². The Morgan fingerprint density at radius 1 is 1.42 bits per heavy atom. The van der Waals surface area contributed by atoms with Gasteiger partial charge in [-0.15, -0.1) is 0 Å². The smallest absolute Gasteiger partial charge is 0.243 e. The first-order valence-electron chi connectivity index (χ1n) is 5.94. The highest BCUT2D eigenvalue weighted by molar-refractivity contribution is 9.10. The summed E-state index contributed by atoms with van der Waals surface area (Å²) in [6.45, 7) is 0.926. The van der Waals surface area contributed by atoms with Gasteiger partial charge in [-0.05, 0) is 54.6 Å². The van der Waals surface area contributed by atoms with Crippen LogP contribution in [0.15, 0.2) is 27.6 Å². The lowest BCUT2D eigenvalue weighted by molar-refractivity contribution is 0.302. The maximum absolute atomic E-state index is 13.5. The van der Waals surface area contributed by atoms with Crippen LogP contribution in [0.2, 0.25) is 0 Å². The Morgan fingerprint density at radius 2 is 2.11 bits per heavy atom. The molecule has 0 spiro atoms. The largest absolute Gasteiger partial charge is 0.305 e. The van der Waals surface area contributed by atoms with Gasteiger partial charge < -0.3 is 4.90 Å². The van der Waals surface area contributed by atoms with Crippen molar-refractivity contribution >= 4 is 26.0 Å². The molecule has 4 nitrogen and oxygen atoms in total. The number of halogens is 2. The van der Waals surface area contributed by atoms with Crippen molar-refractivity contribution in [3.8, 4) is 0 Å². The average Bonchev–Trinajstić information content (AvgIpc) is 2.82. The molecule has 0 N–H and O–H groups in total. The van der Waals surface area contributed by atoms with E-state index >= 15 is 0 Å². The van der Waals surface area contributed by atoms with Gasteiger partial charge >= 0.3 is 0 Å². The topological polar surface area (TPSA) is 40.6 Å². The van der Waals surface area contributed by atoms with Crippen LogP contribution in [-0.2, 0) is 10.0 Å². The van der Waals surface area contributed by atoms with Crippen molar-refractivity contribution in [1.29, 1.82) is 0 Å². The lowest BCUT2D eigenvalue weighted by atomic mass is 10.2. The summed E-state index contributed by atoms with van der Waals surface area (Å²) in [5.74, 6) is -0.565. The molecule has 1 aromatic carbocycles. The highest BCUT2D eigenvalue weighted by Crippen LogP contribution is 2.25. The molecule has 1 heterocycles. The van der Waals surface area contributed by atoms with Gasteiger partial charge in [0.25, 0.3) is 0 Å². The SMILES string of the molecule is CN(C)C1CCN(S(=O)(=O)c2ccc(Br)c(F)c2)C1. The van der Waals surface area contributed by atoms with Gasteiger partial charge in [0.15, 0.2) is 0 Å². The molecule has 1 aliphatic rings. The molecule has 106 valence electrons. The molecule has 1 unspecified atom stereocenters. The number of hydrogen-bond acceptors (Lipinski definition) is 3. The summed E-state index contributed by atoms with van der Waals surface area (Å²) in [6.07, 6.45) is 0.797. The Morgan fingerprint density at radius 3 is 2.63 bits per heavy atom. The second kappa shape index (κ2) is 5.47. The van der Waals surface area contributed by atoms with Crippen molar-refractivity contribution in [3.05, 3.63) is 28.5 Å². The zero-order valence-electron chi connectivity index (χ0n) is 10.8. The number of rotatable bonds is 3. The predicted octanol–water partition coefficient (Wildman–Crippen LogP) is 1.91. The standard InChI is InChI=1S/C12H16BrFN2O2S/c1-15(2)9-5-6-16(8-9)19(17,18)10-3-4-11(13)12(14)7-10/h3-4,7,9H,5-6,8H2,1-2H3. The number of nitrogens with zero attached hydrogens (tertiary/aromatic N) is 2. The second-order valence-corrected chi connectivity index (χ2v) is 7.64. The van der Waals surface area contributed by atoms with Crippen molar-refractivity contribution in [2.24, 2.45) is 0 Å². The summed E-state index contributed by atoms with van der Waals surface area (Å²) in [5.41, 5.74) is 0. The summed E-state index contributed by atoms with van der Waals surface area (Å²) in [4.78, 5) is 2.02. The van der Waals surface area contributed by atoms with Crippen LogP contribution >= 0.6 is 15.9 Å². The Bertz CT molecular complexity index is 577. The molecular formula is C12H16BrFN2O2S.